The summed E-state index contributed by atoms with van der Waals surface area (Å²) in [4.78, 5) is 30.1. The van der Waals surface area contributed by atoms with Gasteiger partial charge in [-0.3, -0.25) is 9.36 Å². The van der Waals surface area contributed by atoms with Gasteiger partial charge in [0.2, 0.25) is 0 Å². The molecule has 2 aliphatic rings. The lowest BCUT2D eigenvalue weighted by Crippen LogP contribution is -2.46. The van der Waals surface area contributed by atoms with Crippen molar-refractivity contribution in [3.63, 3.8) is 0 Å². The third-order valence-electron chi connectivity index (χ3n) is 5.77. The van der Waals surface area contributed by atoms with Crippen LogP contribution in [0.4, 0.5) is 0 Å². The van der Waals surface area contributed by atoms with Gasteiger partial charge in [0.05, 0.1) is 11.0 Å². The number of hydrogen-bond acceptors (Lipinski definition) is 3. The summed E-state index contributed by atoms with van der Waals surface area (Å²) in [5.74, 6) is 0.0521. The number of amides is 1. The van der Waals surface area contributed by atoms with Crippen LogP contribution in [-0.4, -0.2) is 46.5 Å². The molecule has 1 aliphatic carbocycles. The number of aromatic nitrogens is 2. The highest BCUT2D eigenvalue weighted by molar-refractivity contribution is 5.97. The summed E-state index contributed by atoms with van der Waals surface area (Å²) in [6.45, 7) is 1.54. The molecule has 1 aromatic heterocycles. The lowest BCUT2D eigenvalue weighted by Gasteiger charge is -2.32. The summed E-state index contributed by atoms with van der Waals surface area (Å²) in [5.41, 5.74) is 2.29. The summed E-state index contributed by atoms with van der Waals surface area (Å²) in [7, 11) is 1.95. The summed E-state index contributed by atoms with van der Waals surface area (Å²) in [6.07, 6.45) is 6.62. The van der Waals surface area contributed by atoms with E-state index in [1.807, 2.05) is 34.7 Å². The van der Waals surface area contributed by atoms with Gasteiger partial charge in [-0.2, -0.15) is 0 Å². The minimum absolute atomic E-state index is 0.0521. The van der Waals surface area contributed by atoms with E-state index in [1.165, 1.54) is 12.8 Å². The molecule has 1 aromatic carbocycles. The number of piperidine rings is 1. The van der Waals surface area contributed by atoms with Gasteiger partial charge in [0, 0.05) is 30.7 Å². The van der Waals surface area contributed by atoms with Gasteiger partial charge in [-0.15, -0.1) is 0 Å². The molecule has 6 nitrogen and oxygen atoms in total. The summed E-state index contributed by atoms with van der Waals surface area (Å²) in [5, 5.41) is 3.27. The molecule has 2 aromatic rings. The van der Waals surface area contributed by atoms with Crippen molar-refractivity contribution in [2.45, 2.75) is 50.6 Å². The van der Waals surface area contributed by atoms with E-state index in [-0.39, 0.29) is 11.6 Å². The molecule has 0 spiro atoms. The molecule has 0 bridgehead atoms. The predicted octanol–water partition coefficient (Wildman–Crippen LogP) is 2.27. The number of hydrogen-bond donors (Lipinski definition) is 2. The quantitative estimate of drug-likeness (QED) is 0.899. The first-order chi connectivity index (χ1) is 12.2. The molecule has 1 amide bonds. The molecule has 1 unspecified atom stereocenters. The first-order valence-corrected chi connectivity index (χ1v) is 9.38. The van der Waals surface area contributed by atoms with Gasteiger partial charge in [0.1, 0.15) is 0 Å². The fourth-order valence-electron chi connectivity index (χ4n) is 4.37. The molecule has 1 saturated carbocycles. The number of fused-ring (bicyclic) bond motifs is 1. The SMILES string of the molecule is CNC1CCCN(C(=O)c2ccc3c(c2)[nH]c(=O)n3C2CCCC2)C1. The van der Waals surface area contributed by atoms with E-state index in [4.69, 9.17) is 0 Å². The highest BCUT2D eigenvalue weighted by Gasteiger charge is 2.25. The van der Waals surface area contributed by atoms with Crippen molar-refractivity contribution in [3.8, 4) is 0 Å². The Labute approximate surface area is 147 Å². The second-order valence-corrected chi connectivity index (χ2v) is 7.35. The van der Waals surface area contributed by atoms with Crippen molar-refractivity contribution in [1.82, 2.24) is 19.8 Å². The molecule has 4 rings (SSSR count). The standard InChI is InChI=1S/C19H26N4O2/c1-20-14-5-4-10-22(12-14)18(24)13-8-9-17-16(11-13)21-19(25)23(17)15-6-2-3-7-15/h8-9,11,14-15,20H,2-7,10,12H2,1H3,(H,21,25). The predicted molar refractivity (Wildman–Crippen MR) is 98.0 cm³/mol. The first kappa shape index (κ1) is 16.4. The van der Waals surface area contributed by atoms with Crippen LogP contribution in [0.5, 0.6) is 0 Å². The Kier molecular flexibility index (Phi) is 4.37. The van der Waals surface area contributed by atoms with Gasteiger partial charge in [0.25, 0.3) is 5.91 Å². The van der Waals surface area contributed by atoms with Crippen LogP contribution in [0, 0.1) is 0 Å². The molecule has 1 atom stereocenters. The van der Waals surface area contributed by atoms with Crippen LogP contribution in [0.2, 0.25) is 0 Å². The molecule has 0 radical (unpaired) electrons. The lowest BCUT2D eigenvalue weighted by molar-refractivity contribution is 0.0698. The zero-order chi connectivity index (χ0) is 17.4. The van der Waals surface area contributed by atoms with Crippen LogP contribution in [-0.2, 0) is 0 Å². The maximum absolute atomic E-state index is 12.9. The minimum Gasteiger partial charge on any atom is -0.337 e. The topological polar surface area (TPSA) is 70.1 Å². The number of rotatable bonds is 3. The fraction of sp³-hybridized carbons (Fsp3) is 0.579. The molecular formula is C19H26N4O2. The van der Waals surface area contributed by atoms with Crippen LogP contribution >= 0.6 is 0 Å². The second kappa shape index (κ2) is 6.67. The van der Waals surface area contributed by atoms with Crippen molar-refractivity contribution in [1.29, 1.82) is 0 Å². The largest absolute Gasteiger partial charge is 0.337 e. The van der Waals surface area contributed by atoms with Crippen molar-refractivity contribution in [2.24, 2.45) is 0 Å². The zero-order valence-electron chi connectivity index (χ0n) is 14.8. The van der Waals surface area contributed by atoms with E-state index in [0.29, 0.717) is 17.6 Å². The zero-order valence-corrected chi connectivity index (χ0v) is 14.8. The number of likely N-dealkylation sites (tertiary alicyclic amines) is 1. The fourth-order valence-corrected chi connectivity index (χ4v) is 4.37. The summed E-state index contributed by atoms with van der Waals surface area (Å²) in [6, 6.07) is 6.30. The number of benzene rings is 1. The summed E-state index contributed by atoms with van der Waals surface area (Å²) < 4.78 is 1.88. The number of aromatic amines is 1. The molecule has 25 heavy (non-hydrogen) atoms. The van der Waals surface area contributed by atoms with Crippen molar-refractivity contribution < 1.29 is 4.79 Å². The number of carbonyl (C=O) groups is 1. The van der Waals surface area contributed by atoms with Gasteiger partial charge in [-0.25, -0.2) is 4.79 Å². The van der Waals surface area contributed by atoms with Gasteiger partial charge in [0.15, 0.2) is 0 Å². The highest BCUT2D eigenvalue weighted by atomic mass is 16.2. The van der Waals surface area contributed by atoms with Crippen LogP contribution in [0.25, 0.3) is 11.0 Å². The first-order valence-electron chi connectivity index (χ1n) is 9.38. The van der Waals surface area contributed by atoms with Crippen LogP contribution in [0.1, 0.15) is 54.9 Å². The van der Waals surface area contributed by atoms with Crippen LogP contribution in [0.3, 0.4) is 0 Å². The molecule has 1 aliphatic heterocycles. The number of carbonyl (C=O) groups excluding carboxylic acids is 1. The average Bonchev–Trinajstić information content (AvgIpc) is 3.26. The number of imidazole rings is 1. The average molecular weight is 342 g/mol. The molecule has 2 heterocycles. The molecule has 6 heteroatoms. The van der Waals surface area contributed by atoms with E-state index in [9.17, 15) is 9.59 Å². The maximum Gasteiger partial charge on any atom is 0.326 e. The Morgan fingerprint density at radius 1 is 1.20 bits per heavy atom. The Bertz CT molecular complexity index is 832. The minimum atomic E-state index is -0.0558. The Hall–Kier alpha value is -2.08. The Balaban J connectivity index is 1.63. The molecule has 1 saturated heterocycles. The van der Waals surface area contributed by atoms with Crippen LogP contribution in [0.15, 0.2) is 23.0 Å². The van der Waals surface area contributed by atoms with Gasteiger partial charge >= 0.3 is 5.69 Å². The van der Waals surface area contributed by atoms with Crippen molar-refractivity contribution >= 4 is 16.9 Å². The summed E-state index contributed by atoms with van der Waals surface area (Å²) >= 11 is 0. The van der Waals surface area contributed by atoms with E-state index >= 15 is 0 Å². The van der Waals surface area contributed by atoms with Gasteiger partial charge in [-0.05, 0) is 50.9 Å². The smallest absolute Gasteiger partial charge is 0.326 e. The molecular weight excluding hydrogens is 316 g/mol. The molecule has 134 valence electrons. The third-order valence-corrected chi connectivity index (χ3v) is 5.77. The highest BCUT2D eigenvalue weighted by Crippen LogP contribution is 2.30. The van der Waals surface area contributed by atoms with Crippen molar-refractivity contribution in [2.75, 3.05) is 20.1 Å². The van der Waals surface area contributed by atoms with Gasteiger partial charge < -0.3 is 15.2 Å². The number of likely N-dealkylation sites (N-methyl/N-ethyl adjacent to an activating group) is 1. The van der Waals surface area contributed by atoms with Crippen LogP contribution < -0.4 is 11.0 Å². The van der Waals surface area contributed by atoms with Gasteiger partial charge in [-0.1, -0.05) is 12.8 Å². The lowest BCUT2D eigenvalue weighted by atomic mass is 10.0. The second-order valence-electron chi connectivity index (χ2n) is 7.35. The maximum atomic E-state index is 12.9. The van der Waals surface area contributed by atoms with E-state index in [0.717, 1.165) is 49.8 Å². The van der Waals surface area contributed by atoms with E-state index in [2.05, 4.69) is 10.3 Å². The Morgan fingerprint density at radius 2 is 2.00 bits per heavy atom. The normalized spacial score (nSPS) is 22.0. The van der Waals surface area contributed by atoms with E-state index < -0.39 is 0 Å². The Morgan fingerprint density at radius 3 is 2.76 bits per heavy atom. The number of H-pyrrole nitrogens is 1. The number of nitrogens with zero attached hydrogens (tertiary/aromatic N) is 2. The monoisotopic (exact) mass is 342 g/mol. The van der Waals surface area contributed by atoms with Crippen molar-refractivity contribution in [3.05, 3.63) is 34.2 Å². The molecule has 2 N–H and O–H groups in total. The molecule has 2 fully saturated rings. The van der Waals surface area contributed by atoms with E-state index in [1.54, 1.807) is 0 Å². The third kappa shape index (κ3) is 2.99. The number of nitrogens with one attached hydrogen (secondary N) is 2.